The second-order valence-electron chi connectivity index (χ2n) is 5.55. The van der Waals surface area contributed by atoms with Crippen molar-refractivity contribution < 1.29 is 4.92 Å². The number of non-ortho nitro benzene ring substituents is 1. The standard InChI is InChI=1S/C18H14N4O3/c19-11-16-14-7-6-13(22(24)25)10-15(14)18(23)21(17(16)20)9-8-12-4-2-1-3-5-12/h1-7,10H,8-9,20H2. The Kier molecular flexibility index (Phi) is 4.18. The van der Waals surface area contributed by atoms with Gasteiger partial charge in [-0.05, 0) is 18.1 Å². The number of hydrogen-bond acceptors (Lipinski definition) is 5. The van der Waals surface area contributed by atoms with Gasteiger partial charge in [-0.1, -0.05) is 30.3 Å². The van der Waals surface area contributed by atoms with E-state index in [1.807, 2.05) is 36.4 Å². The molecule has 0 aliphatic rings. The first-order chi connectivity index (χ1) is 12.0. The normalized spacial score (nSPS) is 10.5. The molecule has 0 saturated heterocycles. The lowest BCUT2D eigenvalue weighted by Gasteiger charge is -2.13. The fraction of sp³-hybridized carbons (Fsp3) is 0.111. The molecule has 3 aromatic rings. The van der Waals surface area contributed by atoms with Crippen molar-refractivity contribution in [3.63, 3.8) is 0 Å². The highest BCUT2D eigenvalue weighted by atomic mass is 16.6. The molecule has 0 atom stereocenters. The van der Waals surface area contributed by atoms with Gasteiger partial charge in [0.05, 0.1) is 10.3 Å². The zero-order chi connectivity index (χ0) is 18.0. The zero-order valence-corrected chi connectivity index (χ0v) is 13.2. The van der Waals surface area contributed by atoms with Crippen molar-refractivity contribution in [3.8, 4) is 6.07 Å². The molecule has 0 radical (unpaired) electrons. The van der Waals surface area contributed by atoms with E-state index in [2.05, 4.69) is 0 Å². The van der Waals surface area contributed by atoms with E-state index < -0.39 is 10.5 Å². The zero-order valence-electron chi connectivity index (χ0n) is 13.2. The van der Waals surface area contributed by atoms with E-state index >= 15 is 0 Å². The van der Waals surface area contributed by atoms with Crippen LogP contribution in [-0.4, -0.2) is 9.49 Å². The van der Waals surface area contributed by atoms with Crippen LogP contribution in [-0.2, 0) is 13.0 Å². The van der Waals surface area contributed by atoms with E-state index in [0.29, 0.717) is 11.8 Å². The predicted octanol–water partition coefficient (Wildman–Crippen LogP) is 2.61. The van der Waals surface area contributed by atoms with E-state index in [1.54, 1.807) is 0 Å². The van der Waals surface area contributed by atoms with E-state index in [1.165, 1.54) is 22.8 Å². The van der Waals surface area contributed by atoms with Crippen molar-refractivity contribution in [3.05, 3.63) is 80.1 Å². The number of benzene rings is 2. The second kappa shape index (κ2) is 6.45. The lowest BCUT2D eigenvalue weighted by Crippen LogP contribution is -2.25. The number of nitrogens with zero attached hydrogens (tertiary/aromatic N) is 3. The molecular formula is C18H14N4O3. The van der Waals surface area contributed by atoms with Gasteiger partial charge in [-0.15, -0.1) is 0 Å². The van der Waals surface area contributed by atoms with Crippen LogP contribution in [0.4, 0.5) is 11.5 Å². The Morgan fingerprint density at radius 1 is 1.16 bits per heavy atom. The van der Waals surface area contributed by atoms with Crippen molar-refractivity contribution in [2.24, 2.45) is 0 Å². The highest BCUT2D eigenvalue weighted by molar-refractivity contribution is 5.92. The Bertz CT molecular complexity index is 1070. The fourth-order valence-corrected chi connectivity index (χ4v) is 2.79. The van der Waals surface area contributed by atoms with Crippen LogP contribution in [0.5, 0.6) is 0 Å². The Balaban J connectivity index is 2.16. The number of aromatic nitrogens is 1. The van der Waals surface area contributed by atoms with Crippen molar-refractivity contribution in [1.82, 2.24) is 4.57 Å². The van der Waals surface area contributed by atoms with Crippen LogP contribution in [0.15, 0.2) is 53.3 Å². The molecule has 124 valence electrons. The van der Waals surface area contributed by atoms with Gasteiger partial charge >= 0.3 is 0 Å². The molecule has 0 fully saturated rings. The minimum absolute atomic E-state index is 0.0739. The van der Waals surface area contributed by atoms with Crippen molar-refractivity contribution in [2.75, 3.05) is 5.73 Å². The number of nitriles is 1. The number of nitrogens with two attached hydrogens (primary N) is 1. The summed E-state index contributed by atoms with van der Waals surface area (Å²) < 4.78 is 1.30. The number of fused-ring (bicyclic) bond motifs is 1. The number of anilines is 1. The minimum Gasteiger partial charge on any atom is -0.384 e. The quantitative estimate of drug-likeness (QED) is 0.581. The van der Waals surface area contributed by atoms with Crippen molar-refractivity contribution in [1.29, 1.82) is 5.26 Å². The summed E-state index contributed by atoms with van der Waals surface area (Å²) in [6.07, 6.45) is 0.552. The topological polar surface area (TPSA) is 115 Å². The van der Waals surface area contributed by atoms with E-state index in [4.69, 9.17) is 5.73 Å². The lowest BCUT2D eigenvalue weighted by atomic mass is 10.1. The molecule has 0 amide bonds. The smallest absolute Gasteiger partial charge is 0.270 e. The van der Waals surface area contributed by atoms with Crippen LogP contribution in [0.1, 0.15) is 11.1 Å². The fourth-order valence-electron chi connectivity index (χ4n) is 2.79. The Morgan fingerprint density at radius 2 is 1.88 bits per heavy atom. The van der Waals surface area contributed by atoms with Crippen molar-refractivity contribution >= 4 is 22.3 Å². The average Bonchev–Trinajstić information content (AvgIpc) is 2.62. The number of aryl methyl sites for hydroxylation is 1. The molecule has 3 rings (SSSR count). The van der Waals surface area contributed by atoms with Crippen LogP contribution in [0.2, 0.25) is 0 Å². The summed E-state index contributed by atoms with van der Waals surface area (Å²) in [5.41, 5.74) is 6.56. The third-order valence-electron chi connectivity index (χ3n) is 4.08. The van der Waals surface area contributed by atoms with Gasteiger partial charge in [0.15, 0.2) is 0 Å². The molecule has 7 heteroatoms. The van der Waals surface area contributed by atoms with Gasteiger partial charge in [0.1, 0.15) is 17.5 Å². The summed E-state index contributed by atoms with van der Waals surface area (Å²) in [5.74, 6) is 0.0739. The molecule has 0 saturated carbocycles. The van der Waals surface area contributed by atoms with Crippen LogP contribution in [0.25, 0.3) is 10.8 Å². The maximum absolute atomic E-state index is 12.8. The number of nitrogen functional groups attached to an aromatic ring is 1. The highest BCUT2D eigenvalue weighted by Gasteiger charge is 2.17. The maximum Gasteiger partial charge on any atom is 0.270 e. The molecule has 1 heterocycles. The lowest BCUT2D eigenvalue weighted by molar-refractivity contribution is -0.384. The molecule has 0 bridgehead atoms. The summed E-state index contributed by atoms with van der Waals surface area (Å²) in [6, 6.07) is 15.4. The van der Waals surface area contributed by atoms with Gasteiger partial charge in [0.2, 0.25) is 0 Å². The molecule has 0 unspecified atom stereocenters. The molecule has 1 aromatic heterocycles. The van der Waals surface area contributed by atoms with E-state index in [-0.39, 0.29) is 29.0 Å². The Labute approximate surface area is 142 Å². The van der Waals surface area contributed by atoms with Crippen LogP contribution in [0, 0.1) is 21.4 Å². The molecule has 2 aromatic carbocycles. The third-order valence-corrected chi connectivity index (χ3v) is 4.08. The number of pyridine rings is 1. The molecule has 7 nitrogen and oxygen atoms in total. The number of nitro groups is 1. The molecule has 0 aliphatic heterocycles. The SMILES string of the molecule is N#Cc1c(N)n(CCc2ccccc2)c(=O)c2cc([N+](=O)[O-])ccc12. The summed E-state index contributed by atoms with van der Waals surface area (Å²) in [6.45, 7) is 0.280. The number of nitro benzene ring substituents is 1. The minimum atomic E-state index is -0.574. The van der Waals surface area contributed by atoms with Gasteiger partial charge in [-0.3, -0.25) is 19.5 Å². The second-order valence-corrected chi connectivity index (χ2v) is 5.55. The van der Waals surface area contributed by atoms with Crippen molar-refractivity contribution in [2.45, 2.75) is 13.0 Å². The van der Waals surface area contributed by atoms with Gasteiger partial charge in [-0.2, -0.15) is 5.26 Å². The van der Waals surface area contributed by atoms with Crippen LogP contribution < -0.4 is 11.3 Å². The third kappa shape index (κ3) is 2.93. The van der Waals surface area contributed by atoms with Gasteiger partial charge in [0, 0.05) is 24.1 Å². The molecule has 25 heavy (non-hydrogen) atoms. The van der Waals surface area contributed by atoms with E-state index in [9.17, 15) is 20.2 Å². The Hall–Kier alpha value is -3.66. The monoisotopic (exact) mass is 334 g/mol. The van der Waals surface area contributed by atoms with Crippen LogP contribution >= 0.6 is 0 Å². The first-order valence-electron chi connectivity index (χ1n) is 7.57. The molecule has 2 N–H and O–H groups in total. The maximum atomic E-state index is 12.8. The van der Waals surface area contributed by atoms with Gasteiger partial charge < -0.3 is 5.73 Å². The Morgan fingerprint density at radius 3 is 2.52 bits per heavy atom. The number of rotatable bonds is 4. The predicted molar refractivity (Wildman–Crippen MR) is 94.1 cm³/mol. The summed E-state index contributed by atoms with van der Waals surface area (Å²) in [4.78, 5) is 23.2. The average molecular weight is 334 g/mol. The molecule has 0 spiro atoms. The van der Waals surface area contributed by atoms with E-state index in [0.717, 1.165) is 5.56 Å². The first-order valence-corrected chi connectivity index (χ1v) is 7.57. The first kappa shape index (κ1) is 16.2. The van der Waals surface area contributed by atoms with Gasteiger partial charge in [0.25, 0.3) is 11.2 Å². The van der Waals surface area contributed by atoms with Crippen LogP contribution in [0.3, 0.4) is 0 Å². The summed E-state index contributed by atoms with van der Waals surface area (Å²) in [7, 11) is 0. The molecular weight excluding hydrogens is 320 g/mol. The largest absolute Gasteiger partial charge is 0.384 e. The summed E-state index contributed by atoms with van der Waals surface area (Å²) in [5, 5.41) is 20.8. The van der Waals surface area contributed by atoms with Gasteiger partial charge in [-0.25, -0.2) is 0 Å². The highest BCUT2D eigenvalue weighted by Crippen LogP contribution is 2.24. The molecule has 0 aliphatic carbocycles. The summed E-state index contributed by atoms with van der Waals surface area (Å²) >= 11 is 0. The number of hydrogen-bond donors (Lipinski definition) is 1.